The molecule has 0 saturated carbocycles. The van der Waals surface area contributed by atoms with Gasteiger partial charge in [0, 0.05) is 12.1 Å². The largest absolute Gasteiger partial charge is 0.493 e. The van der Waals surface area contributed by atoms with Crippen LogP contribution in [0.15, 0.2) is 53.9 Å². The van der Waals surface area contributed by atoms with Crippen LogP contribution in [0.25, 0.3) is 21.5 Å². The summed E-state index contributed by atoms with van der Waals surface area (Å²) >= 11 is 1.66. The molecule has 0 aliphatic rings. The zero-order chi connectivity index (χ0) is 22.3. The lowest BCUT2D eigenvalue weighted by Crippen LogP contribution is -2.32. The summed E-state index contributed by atoms with van der Waals surface area (Å²) in [4.78, 5) is 0. The number of hydrogen-bond acceptors (Lipinski definition) is 7. The molecule has 0 radical (unpaired) electrons. The standard InChI is InChI=1S/C24H27N3O4S/c1-29-21-7-6-16(12-22(21)30-2)8-10-25-14-18(28)15-31-19-5-3-4-17(13-19)23-24-20(26-27-23)9-11-32-24/h3-7,9,11-13,18,25,28H,8,10,14-15H2,1-2H3,(H,26,27). The molecule has 2 aromatic carbocycles. The summed E-state index contributed by atoms with van der Waals surface area (Å²) in [6.45, 7) is 1.39. The van der Waals surface area contributed by atoms with Crippen LogP contribution in [-0.2, 0) is 6.42 Å². The molecule has 0 aliphatic heterocycles. The van der Waals surface area contributed by atoms with E-state index in [2.05, 4.69) is 15.5 Å². The van der Waals surface area contributed by atoms with Crippen LogP contribution in [0.3, 0.4) is 0 Å². The van der Waals surface area contributed by atoms with E-state index in [1.807, 2.05) is 53.9 Å². The number of nitrogens with zero attached hydrogens (tertiary/aromatic N) is 1. The molecule has 4 rings (SSSR count). The van der Waals surface area contributed by atoms with Crippen LogP contribution in [0.4, 0.5) is 0 Å². The minimum Gasteiger partial charge on any atom is -0.493 e. The first-order chi connectivity index (χ1) is 15.7. The van der Waals surface area contributed by atoms with Gasteiger partial charge in [0.2, 0.25) is 0 Å². The third-order valence-electron chi connectivity index (χ3n) is 5.14. The summed E-state index contributed by atoms with van der Waals surface area (Å²) in [7, 11) is 3.25. The molecular formula is C24H27N3O4S. The van der Waals surface area contributed by atoms with E-state index < -0.39 is 6.10 Å². The zero-order valence-corrected chi connectivity index (χ0v) is 18.9. The van der Waals surface area contributed by atoms with Crippen molar-refractivity contribution in [2.75, 3.05) is 33.9 Å². The van der Waals surface area contributed by atoms with Gasteiger partial charge in [-0.15, -0.1) is 11.3 Å². The first kappa shape index (κ1) is 22.1. The monoisotopic (exact) mass is 453 g/mol. The van der Waals surface area contributed by atoms with E-state index in [1.165, 1.54) is 0 Å². The fourth-order valence-electron chi connectivity index (χ4n) is 3.47. The van der Waals surface area contributed by atoms with Gasteiger partial charge in [-0.25, -0.2) is 0 Å². The number of hydrogen-bond donors (Lipinski definition) is 3. The van der Waals surface area contributed by atoms with E-state index in [9.17, 15) is 5.11 Å². The van der Waals surface area contributed by atoms with Crippen molar-refractivity contribution in [3.05, 3.63) is 59.5 Å². The Hall–Kier alpha value is -3.07. The van der Waals surface area contributed by atoms with Crippen LogP contribution >= 0.6 is 11.3 Å². The second-order valence-electron chi connectivity index (χ2n) is 7.37. The minimum absolute atomic E-state index is 0.210. The van der Waals surface area contributed by atoms with Crippen molar-refractivity contribution in [1.82, 2.24) is 15.5 Å². The summed E-state index contributed by atoms with van der Waals surface area (Å²) in [6.07, 6.45) is 0.204. The lowest BCUT2D eigenvalue weighted by Gasteiger charge is -2.14. The molecule has 0 bridgehead atoms. The van der Waals surface area contributed by atoms with Gasteiger partial charge >= 0.3 is 0 Å². The van der Waals surface area contributed by atoms with Crippen molar-refractivity contribution in [2.45, 2.75) is 12.5 Å². The third kappa shape index (κ3) is 5.21. The van der Waals surface area contributed by atoms with Gasteiger partial charge in [0.1, 0.15) is 24.2 Å². The highest BCUT2D eigenvalue weighted by molar-refractivity contribution is 7.17. The normalized spacial score (nSPS) is 12.1. The Balaban J connectivity index is 1.23. The molecule has 0 spiro atoms. The maximum Gasteiger partial charge on any atom is 0.160 e. The first-order valence-electron chi connectivity index (χ1n) is 10.4. The van der Waals surface area contributed by atoms with Crippen molar-refractivity contribution in [2.24, 2.45) is 0 Å². The van der Waals surface area contributed by atoms with Crippen molar-refractivity contribution >= 4 is 21.6 Å². The molecule has 3 N–H and O–H groups in total. The lowest BCUT2D eigenvalue weighted by molar-refractivity contribution is 0.106. The Bertz CT molecular complexity index is 1160. The molecule has 168 valence electrons. The Labute approximate surface area is 191 Å². The van der Waals surface area contributed by atoms with Crippen molar-refractivity contribution in [1.29, 1.82) is 0 Å². The van der Waals surface area contributed by atoms with E-state index in [4.69, 9.17) is 14.2 Å². The highest BCUT2D eigenvalue weighted by Gasteiger charge is 2.11. The number of aromatic amines is 1. The highest BCUT2D eigenvalue weighted by Crippen LogP contribution is 2.32. The molecule has 7 nitrogen and oxygen atoms in total. The van der Waals surface area contributed by atoms with Gasteiger partial charge in [0.15, 0.2) is 11.5 Å². The number of aliphatic hydroxyl groups is 1. The number of H-pyrrole nitrogens is 1. The molecule has 0 saturated heterocycles. The number of thiophene rings is 1. The Morgan fingerprint density at radius 2 is 1.97 bits per heavy atom. The zero-order valence-electron chi connectivity index (χ0n) is 18.1. The van der Waals surface area contributed by atoms with Crippen LogP contribution in [0, 0.1) is 0 Å². The molecule has 1 atom stereocenters. The van der Waals surface area contributed by atoms with Gasteiger partial charge in [-0.1, -0.05) is 18.2 Å². The Kier molecular flexibility index (Phi) is 7.26. The van der Waals surface area contributed by atoms with E-state index in [0.29, 0.717) is 18.0 Å². The number of ether oxygens (including phenoxy) is 3. The first-order valence-corrected chi connectivity index (χ1v) is 11.3. The van der Waals surface area contributed by atoms with Gasteiger partial charge in [-0.3, -0.25) is 5.10 Å². The average Bonchev–Trinajstić information content (AvgIpc) is 3.44. The number of benzene rings is 2. The number of fused-ring (bicyclic) bond motifs is 1. The smallest absolute Gasteiger partial charge is 0.160 e. The second kappa shape index (κ2) is 10.5. The number of aromatic nitrogens is 2. The quantitative estimate of drug-likeness (QED) is 0.299. The van der Waals surface area contributed by atoms with Crippen molar-refractivity contribution < 1.29 is 19.3 Å². The molecule has 2 heterocycles. The van der Waals surface area contributed by atoms with Gasteiger partial charge in [-0.05, 0) is 54.2 Å². The molecule has 32 heavy (non-hydrogen) atoms. The van der Waals surface area contributed by atoms with Crippen LogP contribution in [0.2, 0.25) is 0 Å². The topological polar surface area (TPSA) is 88.6 Å². The third-order valence-corrected chi connectivity index (χ3v) is 6.06. The maximum atomic E-state index is 10.3. The molecule has 1 unspecified atom stereocenters. The fraction of sp³-hybridized carbons (Fsp3) is 0.292. The van der Waals surface area contributed by atoms with E-state index >= 15 is 0 Å². The SMILES string of the molecule is COc1ccc(CCNCC(O)COc2cccc(-c3n[nH]c4ccsc34)c2)cc1OC. The van der Waals surface area contributed by atoms with Gasteiger partial charge in [0.05, 0.1) is 24.4 Å². The summed E-state index contributed by atoms with van der Waals surface area (Å²) in [5.41, 5.74) is 4.07. The molecule has 2 aromatic heterocycles. The van der Waals surface area contributed by atoms with Crippen LogP contribution in [0.5, 0.6) is 17.2 Å². The van der Waals surface area contributed by atoms with Crippen LogP contribution < -0.4 is 19.5 Å². The van der Waals surface area contributed by atoms with Gasteiger partial charge in [-0.2, -0.15) is 5.10 Å². The van der Waals surface area contributed by atoms with Gasteiger partial charge in [0.25, 0.3) is 0 Å². The van der Waals surface area contributed by atoms with E-state index in [1.54, 1.807) is 25.6 Å². The number of aliphatic hydroxyl groups excluding tert-OH is 1. The molecule has 8 heteroatoms. The number of nitrogens with one attached hydrogen (secondary N) is 2. The molecule has 0 fully saturated rings. The summed E-state index contributed by atoms with van der Waals surface area (Å²) in [6, 6.07) is 15.7. The van der Waals surface area contributed by atoms with Crippen molar-refractivity contribution in [3.8, 4) is 28.5 Å². The Morgan fingerprint density at radius 1 is 1.09 bits per heavy atom. The van der Waals surface area contributed by atoms with Gasteiger partial charge < -0.3 is 24.6 Å². The number of methoxy groups -OCH3 is 2. The van der Waals surface area contributed by atoms with Crippen molar-refractivity contribution in [3.63, 3.8) is 0 Å². The average molecular weight is 454 g/mol. The molecule has 0 amide bonds. The van der Waals surface area contributed by atoms with Crippen LogP contribution in [0.1, 0.15) is 5.56 Å². The van der Waals surface area contributed by atoms with E-state index in [0.717, 1.165) is 45.8 Å². The second-order valence-corrected chi connectivity index (χ2v) is 8.29. The molecular weight excluding hydrogens is 426 g/mol. The lowest BCUT2D eigenvalue weighted by atomic mass is 10.1. The minimum atomic E-state index is -0.613. The summed E-state index contributed by atoms with van der Waals surface area (Å²) < 4.78 is 17.5. The fourth-order valence-corrected chi connectivity index (χ4v) is 4.32. The predicted molar refractivity (Wildman–Crippen MR) is 127 cm³/mol. The molecule has 0 aliphatic carbocycles. The summed E-state index contributed by atoms with van der Waals surface area (Å²) in [5.74, 6) is 2.14. The summed E-state index contributed by atoms with van der Waals surface area (Å²) in [5, 5.41) is 23.1. The highest BCUT2D eigenvalue weighted by atomic mass is 32.1. The Morgan fingerprint density at radius 3 is 2.81 bits per heavy atom. The van der Waals surface area contributed by atoms with Crippen LogP contribution in [-0.4, -0.2) is 55.3 Å². The maximum absolute atomic E-state index is 10.3. The molecule has 4 aromatic rings. The predicted octanol–water partition coefficient (Wildman–Crippen LogP) is 3.88. The van der Waals surface area contributed by atoms with E-state index in [-0.39, 0.29) is 6.61 Å². The number of rotatable bonds is 11.